The van der Waals surface area contributed by atoms with Gasteiger partial charge in [0.05, 0.1) is 4.90 Å². The maximum absolute atomic E-state index is 11.8. The predicted molar refractivity (Wildman–Crippen MR) is 80.1 cm³/mol. The average molecular weight is 312 g/mol. The van der Waals surface area contributed by atoms with Crippen molar-refractivity contribution < 1.29 is 18.0 Å². The molecule has 2 N–H and O–H groups in total. The van der Waals surface area contributed by atoms with Crippen molar-refractivity contribution in [2.45, 2.75) is 38.5 Å². The van der Waals surface area contributed by atoms with Crippen molar-refractivity contribution in [1.82, 2.24) is 4.72 Å². The van der Waals surface area contributed by atoms with E-state index < -0.39 is 15.9 Å². The highest BCUT2D eigenvalue weighted by atomic mass is 32.2. The van der Waals surface area contributed by atoms with Gasteiger partial charge in [0.2, 0.25) is 11.8 Å². The van der Waals surface area contributed by atoms with Gasteiger partial charge in [-0.1, -0.05) is 20.3 Å². The Bertz CT molecular complexity index is 608. The smallest absolute Gasteiger partial charge is 0.264 e. The lowest BCUT2D eigenvalue weighted by atomic mass is 10.1. The van der Waals surface area contributed by atoms with Crippen LogP contribution >= 0.6 is 0 Å². The summed E-state index contributed by atoms with van der Waals surface area (Å²) in [5.74, 6) is -0.854. The number of hydrogen-bond acceptors (Lipinski definition) is 4. The molecule has 6 nitrogen and oxygen atoms in total. The molecule has 1 aromatic rings. The lowest BCUT2D eigenvalue weighted by molar-refractivity contribution is -0.119. The molecule has 7 heteroatoms. The second-order valence-electron chi connectivity index (χ2n) is 4.87. The Balaban J connectivity index is 2.79. The van der Waals surface area contributed by atoms with Crippen molar-refractivity contribution in [2.75, 3.05) is 5.32 Å². The molecule has 0 spiro atoms. The topological polar surface area (TPSA) is 92.3 Å². The Hall–Kier alpha value is -1.89. The molecule has 116 valence electrons. The third-order valence-corrected chi connectivity index (χ3v) is 4.33. The Morgan fingerprint density at radius 2 is 1.76 bits per heavy atom. The van der Waals surface area contributed by atoms with E-state index in [4.69, 9.17) is 0 Å². The fraction of sp³-hybridized carbons (Fsp3) is 0.429. The highest BCUT2D eigenvalue weighted by molar-refractivity contribution is 7.90. The molecular weight excluding hydrogens is 292 g/mol. The van der Waals surface area contributed by atoms with Crippen LogP contribution in [0.2, 0.25) is 0 Å². The van der Waals surface area contributed by atoms with Gasteiger partial charge in [-0.15, -0.1) is 0 Å². The van der Waals surface area contributed by atoms with Gasteiger partial charge in [-0.25, -0.2) is 13.1 Å². The molecule has 0 fully saturated rings. The molecule has 0 aromatic heterocycles. The zero-order chi connectivity index (χ0) is 16.0. The summed E-state index contributed by atoms with van der Waals surface area (Å²) in [5, 5.41) is 2.72. The molecule has 0 aliphatic heterocycles. The summed E-state index contributed by atoms with van der Waals surface area (Å²) in [6.07, 6.45) is 1.71. The van der Waals surface area contributed by atoms with Gasteiger partial charge >= 0.3 is 0 Å². The minimum Gasteiger partial charge on any atom is -0.326 e. The summed E-state index contributed by atoms with van der Waals surface area (Å²) in [7, 11) is -3.84. The van der Waals surface area contributed by atoms with Crippen molar-refractivity contribution in [3.63, 3.8) is 0 Å². The normalized spacial score (nSPS) is 12.5. The largest absolute Gasteiger partial charge is 0.326 e. The third kappa shape index (κ3) is 5.18. The van der Waals surface area contributed by atoms with Gasteiger partial charge in [0, 0.05) is 18.5 Å². The fourth-order valence-electron chi connectivity index (χ4n) is 1.80. The lowest BCUT2D eigenvalue weighted by Gasteiger charge is -2.11. The Kier molecular flexibility index (Phi) is 5.90. The van der Waals surface area contributed by atoms with Gasteiger partial charge in [-0.3, -0.25) is 9.59 Å². The van der Waals surface area contributed by atoms with Crippen LogP contribution in [0.3, 0.4) is 0 Å². The molecule has 1 unspecified atom stereocenters. The first-order chi connectivity index (χ1) is 9.76. The Morgan fingerprint density at radius 3 is 2.24 bits per heavy atom. The van der Waals surface area contributed by atoms with E-state index in [2.05, 4.69) is 5.32 Å². The van der Waals surface area contributed by atoms with Gasteiger partial charge in [0.25, 0.3) is 10.0 Å². The minimum atomic E-state index is -3.84. The van der Waals surface area contributed by atoms with Crippen LogP contribution in [0.5, 0.6) is 0 Å². The van der Waals surface area contributed by atoms with Crippen LogP contribution in [0, 0.1) is 5.92 Å². The minimum absolute atomic E-state index is 0.0303. The molecule has 1 atom stereocenters. The van der Waals surface area contributed by atoms with E-state index in [0.29, 0.717) is 5.69 Å². The van der Waals surface area contributed by atoms with Crippen molar-refractivity contribution in [1.29, 1.82) is 0 Å². The summed E-state index contributed by atoms with van der Waals surface area (Å²) in [4.78, 5) is 22.6. The fourth-order valence-corrected chi connectivity index (χ4v) is 2.79. The number of benzene rings is 1. The SMILES string of the molecule is CCCC(C)C(=O)Nc1ccc(S(=O)(=O)NC(C)=O)cc1. The zero-order valence-electron chi connectivity index (χ0n) is 12.3. The number of carbonyl (C=O) groups is 2. The van der Waals surface area contributed by atoms with Gasteiger partial charge < -0.3 is 5.32 Å². The van der Waals surface area contributed by atoms with Gasteiger partial charge in [-0.2, -0.15) is 0 Å². The molecule has 0 heterocycles. The Morgan fingerprint density at radius 1 is 1.19 bits per heavy atom. The highest BCUT2D eigenvalue weighted by Crippen LogP contribution is 2.15. The number of carbonyl (C=O) groups excluding carboxylic acids is 2. The molecule has 0 saturated carbocycles. The van der Waals surface area contributed by atoms with E-state index >= 15 is 0 Å². The van der Waals surface area contributed by atoms with Crippen molar-refractivity contribution in [2.24, 2.45) is 5.92 Å². The first kappa shape index (κ1) is 17.2. The average Bonchev–Trinajstić information content (AvgIpc) is 2.38. The zero-order valence-corrected chi connectivity index (χ0v) is 13.2. The molecule has 2 amide bonds. The van der Waals surface area contributed by atoms with E-state index in [1.54, 1.807) is 0 Å². The molecular formula is C14H20N2O4S. The quantitative estimate of drug-likeness (QED) is 0.839. The molecule has 21 heavy (non-hydrogen) atoms. The number of anilines is 1. The van der Waals surface area contributed by atoms with Gasteiger partial charge in [0.15, 0.2) is 0 Å². The molecule has 0 saturated heterocycles. The van der Waals surface area contributed by atoms with Crippen LogP contribution in [-0.4, -0.2) is 20.2 Å². The van der Waals surface area contributed by atoms with E-state index in [0.717, 1.165) is 19.8 Å². The summed E-state index contributed by atoms with van der Waals surface area (Å²) in [6, 6.07) is 5.66. The molecule has 1 aromatic carbocycles. The number of nitrogens with one attached hydrogen (secondary N) is 2. The number of sulfonamides is 1. The summed E-state index contributed by atoms with van der Waals surface area (Å²) < 4.78 is 25.4. The molecule has 1 rings (SSSR count). The molecule has 0 aliphatic rings. The second kappa shape index (κ2) is 7.21. The molecule has 0 bridgehead atoms. The molecule has 0 radical (unpaired) electrons. The third-order valence-electron chi connectivity index (χ3n) is 2.88. The summed E-state index contributed by atoms with van der Waals surface area (Å²) in [5.41, 5.74) is 0.518. The van der Waals surface area contributed by atoms with E-state index in [1.165, 1.54) is 24.3 Å². The highest BCUT2D eigenvalue weighted by Gasteiger charge is 2.16. The van der Waals surface area contributed by atoms with E-state index in [1.807, 2.05) is 18.6 Å². The van der Waals surface area contributed by atoms with Crippen LogP contribution in [0.15, 0.2) is 29.2 Å². The van der Waals surface area contributed by atoms with Crippen molar-refractivity contribution in [3.05, 3.63) is 24.3 Å². The van der Waals surface area contributed by atoms with E-state index in [9.17, 15) is 18.0 Å². The van der Waals surface area contributed by atoms with Gasteiger partial charge in [0.1, 0.15) is 0 Å². The van der Waals surface area contributed by atoms with Crippen LogP contribution in [0.1, 0.15) is 33.6 Å². The van der Waals surface area contributed by atoms with Crippen LogP contribution in [0.25, 0.3) is 0 Å². The predicted octanol–water partition coefficient (Wildman–Crippen LogP) is 1.89. The summed E-state index contributed by atoms with van der Waals surface area (Å²) >= 11 is 0. The van der Waals surface area contributed by atoms with Crippen molar-refractivity contribution >= 4 is 27.5 Å². The standard InChI is InChI=1S/C14H20N2O4S/c1-4-5-10(2)14(18)15-12-6-8-13(9-7-12)21(19,20)16-11(3)17/h6-10H,4-5H2,1-3H3,(H,15,18)(H,16,17). The second-order valence-corrected chi connectivity index (χ2v) is 6.55. The number of hydrogen-bond donors (Lipinski definition) is 2. The maximum atomic E-state index is 11.8. The maximum Gasteiger partial charge on any atom is 0.264 e. The van der Waals surface area contributed by atoms with Crippen molar-refractivity contribution in [3.8, 4) is 0 Å². The lowest BCUT2D eigenvalue weighted by Crippen LogP contribution is -2.28. The van der Waals surface area contributed by atoms with E-state index in [-0.39, 0.29) is 16.7 Å². The van der Waals surface area contributed by atoms with Crippen LogP contribution in [0.4, 0.5) is 5.69 Å². The number of rotatable bonds is 6. The first-order valence-electron chi connectivity index (χ1n) is 6.70. The summed E-state index contributed by atoms with van der Waals surface area (Å²) in [6.45, 7) is 4.97. The van der Waals surface area contributed by atoms with Crippen LogP contribution < -0.4 is 10.0 Å². The number of amides is 2. The van der Waals surface area contributed by atoms with Gasteiger partial charge in [-0.05, 0) is 30.7 Å². The van der Waals surface area contributed by atoms with Crippen LogP contribution in [-0.2, 0) is 19.6 Å². The Labute approximate surface area is 125 Å². The molecule has 0 aliphatic carbocycles. The monoisotopic (exact) mass is 312 g/mol. The first-order valence-corrected chi connectivity index (χ1v) is 8.19.